The van der Waals surface area contributed by atoms with Crippen molar-refractivity contribution in [3.8, 4) is 0 Å². The normalized spacial score (nSPS) is 9.56. The maximum atomic E-state index is 11.0. The van der Waals surface area contributed by atoms with Crippen molar-refractivity contribution in [3.05, 3.63) is 28.4 Å². The van der Waals surface area contributed by atoms with Crippen molar-refractivity contribution in [2.75, 3.05) is 18.5 Å². The lowest BCUT2D eigenvalue weighted by Crippen LogP contribution is -2.17. The number of ether oxygens (including phenoxy) is 1. The second-order valence-corrected chi connectivity index (χ2v) is 2.81. The van der Waals surface area contributed by atoms with Gasteiger partial charge in [-0.25, -0.2) is 4.98 Å². The van der Waals surface area contributed by atoms with Gasteiger partial charge in [-0.15, -0.1) is 0 Å². The SMILES string of the molecule is CCOC(=O)CNc1cc([N+](=O)[O-])ccn1. The Labute approximate surface area is 91.6 Å². The zero-order valence-corrected chi connectivity index (χ0v) is 8.67. The molecule has 0 saturated heterocycles. The highest BCUT2D eigenvalue weighted by atomic mass is 16.6. The van der Waals surface area contributed by atoms with Crippen molar-refractivity contribution >= 4 is 17.5 Å². The van der Waals surface area contributed by atoms with E-state index in [0.29, 0.717) is 6.61 Å². The number of hydrogen-bond acceptors (Lipinski definition) is 6. The Bertz CT molecular complexity index is 394. The number of hydrogen-bond donors (Lipinski definition) is 1. The zero-order valence-electron chi connectivity index (χ0n) is 8.67. The summed E-state index contributed by atoms with van der Waals surface area (Å²) in [5.41, 5.74) is -0.0821. The molecule has 7 nitrogen and oxygen atoms in total. The number of carbonyl (C=O) groups is 1. The molecule has 0 aliphatic heterocycles. The summed E-state index contributed by atoms with van der Waals surface area (Å²) in [6, 6.07) is 2.52. The summed E-state index contributed by atoms with van der Waals surface area (Å²) in [6.45, 7) is 1.92. The first-order valence-electron chi connectivity index (χ1n) is 4.63. The maximum Gasteiger partial charge on any atom is 0.325 e. The standard InChI is InChI=1S/C9H11N3O4/c1-2-16-9(13)6-11-8-5-7(12(14)15)3-4-10-8/h3-5H,2,6H2,1H3,(H,10,11). The van der Waals surface area contributed by atoms with Crippen LogP contribution in [0.15, 0.2) is 18.3 Å². The van der Waals surface area contributed by atoms with Crippen LogP contribution in [0.25, 0.3) is 0 Å². The smallest absolute Gasteiger partial charge is 0.325 e. The lowest BCUT2D eigenvalue weighted by molar-refractivity contribution is -0.384. The summed E-state index contributed by atoms with van der Waals surface area (Å²) in [5.74, 6) is -0.168. The molecule has 0 radical (unpaired) electrons. The molecule has 1 heterocycles. The molecule has 86 valence electrons. The van der Waals surface area contributed by atoms with E-state index in [0.717, 1.165) is 0 Å². The summed E-state index contributed by atoms with van der Waals surface area (Å²) >= 11 is 0. The van der Waals surface area contributed by atoms with Gasteiger partial charge in [0.1, 0.15) is 12.4 Å². The molecule has 0 aromatic carbocycles. The second-order valence-electron chi connectivity index (χ2n) is 2.81. The van der Waals surface area contributed by atoms with E-state index in [1.165, 1.54) is 18.3 Å². The van der Waals surface area contributed by atoms with Crippen LogP contribution in [-0.4, -0.2) is 29.0 Å². The highest BCUT2D eigenvalue weighted by Crippen LogP contribution is 2.13. The third-order valence-corrected chi connectivity index (χ3v) is 1.67. The van der Waals surface area contributed by atoms with E-state index in [1.54, 1.807) is 6.92 Å². The third kappa shape index (κ3) is 3.52. The number of aromatic nitrogens is 1. The van der Waals surface area contributed by atoms with Gasteiger partial charge < -0.3 is 10.1 Å². The van der Waals surface area contributed by atoms with Crippen LogP contribution in [0.3, 0.4) is 0 Å². The lowest BCUT2D eigenvalue weighted by Gasteiger charge is -2.04. The molecule has 16 heavy (non-hydrogen) atoms. The Kier molecular flexibility index (Phi) is 4.19. The van der Waals surface area contributed by atoms with Crippen LogP contribution >= 0.6 is 0 Å². The van der Waals surface area contributed by atoms with Gasteiger partial charge in [-0.05, 0) is 6.92 Å². The van der Waals surface area contributed by atoms with E-state index < -0.39 is 10.9 Å². The quantitative estimate of drug-likeness (QED) is 0.455. The first-order valence-corrected chi connectivity index (χ1v) is 4.63. The van der Waals surface area contributed by atoms with E-state index in [4.69, 9.17) is 0 Å². The van der Waals surface area contributed by atoms with E-state index in [-0.39, 0.29) is 18.1 Å². The van der Waals surface area contributed by atoms with Crippen LogP contribution in [0.4, 0.5) is 11.5 Å². The number of pyridine rings is 1. The van der Waals surface area contributed by atoms with Crippen LogP contribution < -0.4 is 5.32 Å². The predicted molar refractivity (Wildman–Crippen MR) is 56.0 cm³/mol. The molecule has 0 unspecified atom stereocenters. The number of carbonyl (C=O) groups excluding carboxylic acids is 1. The number of anilines is 1. The molecule has 0 saturated carbocycles. The van der Waals surface area contributed by atoms with Crippen LogP contribution in [0.2, 0.25) is 0 Å². The molecule has 0 spiro atoms. The Hall–Kier alpha value is -2.18. The molecule has 1 N–H and O–H groups in total. The summed E-state index contributed by atoms with van der Waals surface area (Å²) in [4.78, 5) is 24.7. The van der Waals surface area contributed by atoms with Crippen LogP contribution in [0.5, 0.6) is 0 Å². The molecule has 0 fully saturated rings. The van der Waals surface area contributed by atoms with Gasteiger partial charge in [-0.2, -0.15) is 0 Å². The number of nitro groups is 1. The molecule has 1 rings (SSSR count). The molecule has 0 aliphatic carbocycles. The largest absolute Gasteiger partial charge is 0.465 e. The highest BCUT2D eigenvalue weighted by Gasteiger charge is 2.07. The number of rotatable bonds is 5. The second kappa shape index (κ2) is 5.64. The number of nitrogens with one attached hydrogen (secondary N) is 1. The van der Waals surface area contributed by atoms with Crippen molar-refractivity contribution in [2.24, 2.45) is 0 Å². The summed E-state index contributed by atoms with van der Waals surface area (Å²) in [6.07, 6.45) is 1.30. The predicted octanol–water partition coefficient (Wildman–Crippen LogP) is 0.965. The van der Waals surface area contributed by atoms with Crippen LogP contribution in [0.1, 0.15) is 6.92 Å². The molecule has 0 aliphatic rings. The Morgan fingerprint density at radius 2 is 2.44 bits per heavy atom. The molecule has 1 aromatic heterocycles. The lowest BCUT2D eigenvalue weighted by atomic mass is 10.4. The zero-order chi connectivity index (χ0) is 12.0. The fraction of sp³-hybridized carbons (Fsp3) is 0.333. The van der Waals surface area contributed by atoms with Crippen molar-refractivity contribution in [2.45, 2.75) is 6.92 Å². The van der Waals surface area contributed by atoms with Gasteiger partial charge in [0.2, 0.25) is 0 Å². The van der Waals surface area contributed by atoms with E-state index in [9.17, 15) is 14.9 Å². The van der Waals surface area contributed by atoms with Crippen molar-refractivity contribution < 1.29 is 14.5 Å². The summed E-state index contributed by atoms with van der Waals surface area (Å²) < 4.78 is 4.68. The Balaban J connectivity index is 2.57. The van der Waals surface area contributed by atoms with Crippen molar-refractivity contribution in [1.82, 2.24) is 4.98 Å². The van der Waals surface area contributed by atoms with E-state index >= 15 is 0 Å². The first kappa shape index (κ1) is 11.9. The van der Waals surface area contributed by atoms with Gasteiger partial charge in [0.25, 0.3) is 5.69 Å². The van der Waals surface area contributed by atoms with E-state index in [2.05, 4.69) is 15.0 Å². The fourth-order valence-electron chi connectivity index (χ4n) is 1.00. The number of nitrogens with zero attached hydrogens (tertiary/aromatic N) is 2. The first-order chi connectivity index (χ1) is 7.63. The minimum absolute atomic E-state index is 0.0675. The minimum Gasteiger partial charge on any atom is -0.465 e. The van der Waals surface area contributed by atoms with Gasteiger partial charge in [0, 0.05) is 12.3 Å². The fourth-order valence-corrected chi connectivity index (χ4v) is 1.00. The summed E-state index contributed by atoms with van der Waals surface area (Å²) in [7, 11) is 0. The van der Waals surface area contributed by atoms with Crippen molar-refractivity contribution in [1.29, 1.82) is 0 Å². The molecule has 7 heteroatoms. The van der Waals surface area contributed by atoms with Crippen LogP contribution in [0, 0.1) is 10.1 Å². The summed E-state index contributed by atoms with van der Waals surface area (Å²) in [5, 5.41) is 13.1. The van der Waals surface area contributed by atoms with Gasteiger partial charge >= 0.3 is 5.97 Å². The molecular weight excluding hydrogens is 214 g/mol. The minimum atomic E-state index is -0.531. The molecule has 0 amide bonds. The van der Waals surface area contributed by atoms with Gasteiger partial charge in [-0.1, -0.05) is 0 Å². The maximum absolute atomic E-state index is 11.0. The highest BCUT2D eigenvalue weighted by molar-refractivity contribution is 5.74. The molecule has 0 bridgehead atoms. The third-order valence-electron chi connectivity index (χ3n) is 1.67. The Morgan fingerprint density at radius 3 is 3.06 bits per heavy atom. The van der Waals surface area contributed by atoms with Crippen molar-refractivity contribution in [3.63, 3.8) is 0 Å². The Morgan fingerprint density at radius 1 is 1.69 bits per heavy atom. The monoisotopic (exact) mass is 225 g/mol. The molecule has 1 aromatic rings. The topological polar surface area (TPSA) is 94.4 Å². The number of esters is 1. The average Bonchev–Trinajstić information content (AvgIpc) is 2.27. The van der Waals surface area contributed by atoms with Gasteiger partial charge in [-0.3, -0.25) is 14.9 Å². The molecular formula is C9H11N3O4. The van der Waals surface area contributed by atoms with Gasteiger partial charge in [0.05, 0.1) is 17.6 Å². The molecule has 0 atom stereocenters. The average molecular weight is 225 g/mol. The van der Waals surface area contributed by atoms with Crippen LogP contribution in [-0.2, 0) is 9.53 Å². The van der Waals surface area contributed by atoms with E-state index in [1.807, 2.05) is 0 Å². The van der Waals surface area contributed by atoms with Gasteiger partial charge in [0.15, 0.2) is 0 Å².